The number of methoxy groups -OCH3 is 2. The molecule has 0 spiro atoms. The summed E-state index contributed by atoms with van der Waals surface area (Å²) in [5.41, 5.74) is 15.5. The highest BCUT2D eigenvalue weighted by molar-refractivity contribution is 5.93. The number of para-hydroxylation sites is 2. The number of anilines is 2. The Labute approximate surface area is 352 Å². The van der Waals surface area contributed by atoms with Crippen LogP contribution in [0.2, 0.25) is 0 Å². The van der Waals surface area contributed by atoms with Crippen molar-refractivity contribution in [3.8, 4) is 22.6 Å². The fraction of sp³-hybridized carbons (Fsp3) is 0.347. The fourth-order valence-corrected chi connectivity index (χ4v) is 8.00. The van der Waals surface area contributed by atoms with Gasteiger partial charge in [0.1, 0.15) is 0 Å². The summed E-state index contributed by atoms with van der Waals surface area (Å²) in [5.74, 6) is 1.40. The van der Waals surface area contributed by atoms with Gasteiger partial charge in [-0.3, -0.25) is 14.5 Å². The number of rotatable bonds is 17. The van der Waals surface area contributed by atoms with Crippen LogP contribution in [0.5, 0.6) is 11.5 Å². The van der Waals surface area contributed by atoms with E-state index in [2.05, 4.69) is 58.0 Å². The zero-order valence-corrected chi connectivity index (χ0v) is 34.5. The van der Waals surface area contributed by atoms with Gasteiger partial charge in [0.05, 0.1) is 44.4 Å². The zero-order chi connectivity index (χ0) is 41.8. The van der Waals surface area contributed by atoms with Gasteiger partial charge in [-0.2, -0.15) is 0 Å². The van der Waals surface area contributed by atoms with E-state index < -0.39 is 6.29 Å². The van der Waals surface area contributed by atoms with Crippen molar-refractivity contribution in [3.05, 3.63) is 143 Å². The number of nitrogens with zero attached hydrogens (tertiary/aromatic N) is 1. The Bertz CT molecular complexity index is 2230. The highest BCUT2D eigenvalue weighted by Crippen LogP contribution is 2.40. The highest BCUT2D eigenvalue weighted by atomic mass is 16.7. The Morgan fingerprint density at radius 2 is 1.48 bits per heavy atom. The molecule has 11 heteroatoms. The van der Waals surface area contributed by atoms with Crippen LogP contribution in [0.3, 0.4) is 0 Å². The fourth-order valence-electron chi connectivity index (χ4n) is 8.00. The highest BCUT2D eigenvalue weighted by Gasteiger charge is 2.34. The molecular formula is C49H56N4O7. The summed E-state index contributed by atoms with van der Waals surface area (Å²) < 4.78 is 24.7. The number of ether oxygens (including phenoxy) is 4. The molecule has 2 heterocycles. The van der Waals surface area contributed by atoms with Crippen LogP contribution in [0, 0.1) is 0 Å². The third-order valence-electron chi connectivity index (χ3n) is 11.3. The molecule has 0 bridgehead atoms. The van der Waals surface area contributed by atoms with Crippen LogP contribution in [-0.2, 0) is 45.2 Å². The van der Waals surface area contributed by atoms with Crippen LogP contribution in [0.1, 0.15) is 84.3 Å². The molecule has 5 N–H and O–H groups in total. The van der Waals surface area contributed by atoms with E-state index in [-0.39, 0.29) is 30.6 Å². The Hall–Kier alpha value is -5.72. The molecule has 5 aromatic carbocycles. The molecule has 2 aliphatic rings. The second-order valence-corrected chi connectivity index (χ2v) is 15.6. The average molecular weight is 813 g/mol. The van der Waals surface area contributed by atoms with Crippen molar-refractivity contribution in [2.75, 3.05) is 38.4 Å². The van der Waals surface area contributed by atoms with Gasteiger partial charge in [0.15, 0.2) is 17.8 Å². The summed E-state index contributed by atoms with van der Waals surface area (Å²) in [6.45, 7) is 2.84. The minimum atomic E-state index is -0.591. The molecule has 7 rings (SSSR count). The second-order valence-electron chi connectivity index (χ2n) is 15.6. The second kappa shape index (κ2) is 20.5. The predicted molar refractivity (Wildman–Crippen MR) is 233 cm³/mol. The number of carbonyl (C=O) groups excluding carboxylic acids is 2. The van der Waals surface area contributed by atoms with Crippen molar-refractivity contribution in [1.29, 1.82) is 0 Å². The number of aliphatic hydroxyl groups is 1. The molecule has 60 heavy (non-hydrogen) atoms. The summed E-state index contributed by atoms with van der Waals surface area (Å²) in [6.07, 6.45) is 3.68. The first-order valence-electron chi connectivity index (χ1n) is 20.9. The number of amides is 2. The first kappa shape index (κ1) is 42.4. The first-order chi connectivity index (χ1) is 29.3. The normalized spacial score (nSPS) is 17.7. The van der Waals surface area contributed by atoms with Crippen molar-refractivity contribution in [2.24, 2.45) is 0 Å². The lowest BCUT2D eigenvalue weighted by Crippen LogP contribution is -2.41. The van der Waals surface area contributed by atoms with Gasteiger partial charge in [-0.1, -0.05) is 79.2 Å². The minimum Gasteiger partial charge on any atom is -0.493 e. The Morgan fingerprint density at radius 1 is 0.767 bits per heavy atom. The topological polar surface area (TPSA) is 145 Å². The van der Waals surface area contributed by atoms with E-state index in [1.54, 1.807) is 26.4 Å². The van der Waals surface area contributed by atoms with Crippen molar-refractivity contribution < 1.29 is 33.6 Å². The lowest BCUT2D eigenvalue weighted by Gasteiger charge is -2.39. The SMILES string of the molecule is COc1cc2c(cc1OC)CN(CC1CC(c3ccc(CO)cc3)OC(c3cccc(-c4cccc(CNC(=O)CCCCCC(=O)Nc5ccccc5N)c4)c3)O1)CC2. The quantitative estimate of drug-likeness (QED) is 0.0539. The molecule has 0 radical (unpaired) electrons. The molecule has 0 aromatic heterocycles. The number of nitrogens with one attached hydrogen (secondary N) is 2. The predicted octanol–water partition coefficient (Wildman–Crippen LogP) is 8.25. The van der Waals surface area contributed by atoms with Crippen LogP contribution in [0.25, 0.3) is 11.1 Å². The van der Waals surface area contributed by atoms with Crippen molar-refractivity contribution >= 4 is 23.2 Å². The van der Waals surface area contributed by atoms with E-state index in [0.29, 0.717) is 50.0 Å². The van der Waals surface area contributed by atoms with E-state index in [1.807, 2.05) is 54.6 Å². The number of carbonyl (C=O) groups is 2. The summed E-state index contributed by atoms with van der Waals surface area (Å²) in [6, 6.07) is 35.9. The van der Waals surface area contributed by atoms with Gasteiger partial charge in [0, 0.05) is 51.0 Å². The first-order valence-corrected chi connectivity index (χ1v) is 20.9. The van der Waals surface area contributed by atoms with Gasteiger partial charge in [-0.05, 0) is 94.6 Å². The number of hydrogen-bond acceptors (Lipinski definition) is 9. The van der Waals surface area contributed by atoms with Gasteiger partial charge >= 0.3 is 0 Å². The van der Waals surface area contributed by atoms with Crippen LogP contribution in [0.15, 0.2) is 109 Å². The lowest BCUT2D eigenvalue weighted by atomic mass is 9.96. The van der Waals surface area contributed by atoms with Gasteiger partial charge in [0.2, 0.25) is 11.8 Å². The lowest BCUT2D eigenvalue weighted by molar-refractivity contribution is -0.253. The maximum Gasteiger partial charge on any atom is 0.224 e. The molecule has 2 amide bonds. The largest absolute Gasteiger partial charge is 0.493 e. The molecule has 1 fully saturated rings. The van der Waals surface area contributed by atoms with E-state index in [9.17, 15) is 14.7 Å². The third kappa shape index (κ3) is 11.1. The van der Waals surface area contributed by atoms with Crippen LogP contribution >= 0.6 is 0 Å². The van der Waals surface area contributed by atoms with Gasteiger partial charge < -0.3 is 40.4 Å². The number of nitrogen functional groups attached to an aromatic ring is 1. The van der Waals surface area contributed by atoms with Gasteiger partial charge in [0.25, 0.3) is 0 Å². The van der Waals surface area contributed by atoms with Crippen LogP contribution in [-0.4, -0.2) is 55.2 Å². The molecule has 3 atom stereocenters. The number of fused-ring (bicyclic) bond motifs is 1. The van der Waals surface area contributed by atoms with Crippen LogP contribution < -0.4 is 25.8 Å². The maximum absolute atomic E-state index is 12.7. The standard InChI is InChI=1S/C49H56N4O7/c1-57-45-26-38-22-23-53(30-40(38)27-46(45)58-2)31-41-28-44(35-20-18-33(32-54)19-21-35)60-49(59-41)39-13-9-12-37(25-39)36-11-8-10-34(24-36)29-51-47(55)16-4-3-5-17-48(56)52-43-15-7-6-14-42(43)50/h6-15,18-21,24-27,41,44,49,54H,3-5,16-17,22-23,28-32,50H2,1-2H3,(H,51,55)(H,52,56). The third-order valence-corrected chi connectivity index (χ3v) is 11.3. The molecule has 2 aliphatic heterocycles. The molecule has 0 saturated carbocycles. The molecular weight excluding hydrogens is 757 g/mol. The average Bonchev–Trinajstić information content (AvgIpc) is 3.28. The van der Waals surface area contributed by atoms with Crippen LogP contribution in [0.4, 0.5) is 11.4 Å². The Kier molecular flexibility index (Phi) is 14.5. The van der Waals surface area contributed by atoms with Gasteiger partial charge in [-0.25, -0.2) is 0 Å². The maximum atomic E-state index is 12.7. The Morgan fingerprint density at radius 3 is 2.23 bits per heavy atom. The smallest absolute Gasteiger partial charge is 0.224 e. The molecule has 5 aromatic rings. The van der Waals surface area contributed by atoms with Gasteiger partial charge in [-0.15, -0.1) is 0 Å². The van der Waals surface area contributed by atoms with E-state index in [0.717, 1.165) is 77.4 Å². The monoisotopic (exact) mass is 812 g/mol. The van der Waals surface area contributed by atoms with E-state index in [4.69, 9.17) is 24.7 Å². The van der Waals surface area contributed by atoms with Crippen molar-refractivity contribution in [2.45, 2.75) is 83.1 Å². The zero-order valence-electron chi connectivity index (χ0n) is 34.5. The van der Waals surface area contributed by atoms with E-state index >= 15 is 0 Å². The molecule has 1 saturated heterocycles. The molecule has 11 nitrogen and oxygen atoms in total. The van der Waals surface area contributed by atoms with Crippen molar-refractivity contribution in [1.82, 2.24) is 10.2 Å². The molecule has 3 unspecified atom stereocenters. The van der Waals surface area contributed by atoms with Crippen molar-refractivity contribution in [3.63, 3.8) is 0 Å². The summed E-state index contributed by atoms with van der Waals surface area (Å²) in [5, 5.41) is 15.6. The number of unbranched alkanes of at least 4 members (excludes halogenated alkanes) is 2. The summed E-state index contributed by atoms with van der Waals surface area (Å²) in [4.78, 5) is 27.5. The summed E-state index contributed by atoms with van der Waals surface area (Å²) >= 11 is 0. The number of aliphatic hydroxyl groups excluding tert-OH is 1. The Balaban J connectivity index is 0.961. The number of nitrogens with two attached hydrogens (primary N) is 1. The summed E-state index contributed by atoms with van der Waals surface area (Å²) in [7, 11) is 3.34. The number of hydrogen-bond donors (Lipinski definition) is 4. The minimum absolute atomic E-state index is 0.0107. The van der Waals surface area contributed by atoms with E-state index in [1.165, 1.54) is 11.1 Å². The molecule has 0 aliphatic carbocycles. The number of benzene rings is 5. The molecule has 314 valence electrons.